The van der Waals surface area contributed by atoms with E-state index in [2.05, 4.69) is 0 Å². The summed E-state index contributed by atoms with van der Waals surface area (Å²) in [6.45, 7) is 8.91. The lowest BCUT2D eigenvalue weighted by Gasteiger charge is -2.29. The first-order chi connectivity index (χ1) is 18.7. The van der Waals surface area contributed by atoms with Crippen molar-refractivity contribution in [2.24, 2.45) is 5.92 Å². The van der Waals surface area contributed by atoms with Gasteiger partial charge in [-0.3, -0.25) is 9.36 Å². The Morgan fingerprint density at radius 2 is 1.70 bits per heavy atom. The summed E-state index contributed by atoms with van der Waals surface area (Å²) in [7, 11) is 0. The van der Waals surface area contributed by atoms with Gasteiger partial charge in [0.1, 0.15) is 40.3 Å². The van der Waals surface area contributed by atoms with Crippen LogP contribution in [0.3, 0.4) is 0 Å². The Bertz CT molecular complexity index is 1420. The van der Waals surface area contributed by atoms with Crippen LogP contribution in [0.1, 0.15) is 52.2 Å². The van der Waals surface area contributed by atoms with Crippen LogP contribution in [0.15, 0.2) is 47.4 Å². The van der Waals surface area contributed by atoms with Gasteiger partial charge in [0.2, 0.25) is 0 Å². The smallest absolute Gasteiger partial charge is 0.410 e. The molecule has 0 saturated carbocycles. The van der Waals surface area contributed by atoms with Gasteiger partial charge in [0.05, 0.1) is 0 Å². The zero-order valence-corrected chi connectivity index (χ0v) is 23.6. The molecular formula is C29H31ClF4N2O4. The lowest BCUT2D eigenvalue weighted by Crippen LogP contribution is -2.38. The second-order valence-corrected chi connectivity index (χ2v) is 10.9. The van der Waals surface area contributed by atoms with E-state index in [1.54, 1.807) is 20.8 Å². The molecule has 0 aliphatic carbocycles. The Hall–Kier alpha value is -3.53. The second kappa shape index (κ2) is 12.8. The van der Waals surface area contributed by atoms with E-state index in [0.29, 0.717) is 17.2 Å². The van der Waals surface area contributed by atoms with Gasteiger partial charge >= 0.3 is 6.09 Å². The van der Waals surface area contributed by atoms with E-state index in [1.807, 2.05) is 13.8 Å². The number of pyridine rings is 1. The SMILES string of the molecule is CCC(C)CN(Cc1cc(F)c(-n2ccc(OCc3ccc(F)cc3F)c(Cl)c2=O)c(F)c1)C(=O)OC(C)(C)C. The first-order valence-electron chi connectivity index (χ1n) is 12.6. The molecule has 0 spiro atoms. The third-order valence-corrected chi connectivity index (χ3v) is 6.32. The zero-order valence-electron chi connectivity index (χ0n) is 22.9. The van der Waals surface area contributed by atoms with Crippen molar-refractivity contribution in [2.75, 3.05) is 6.54 Å². The Labute approximate surface area is 235 Å². The molecule has 1 unspecified atom stereocenters. The Kier molecular flexibility index (Phi) is 9.89. The van der Waals surface area contributed by atoms with Crippen LogP contribution in [0.25, 0.3) is 5.69 Å². The van der Waals surface area contributed by atoms with Gasteiger partial charge in [-0.2, -0.15) is 0 Å². The van der Waals surface area contributed by atoms with E-state index in [1.165, 1.54) is 17.0 Å². The zero-order chi connectivity index (χ0) is 29.8. The van der Waals surface area contributed by atoms with E-state index in [-0.39, 0.29) is 35.9 Å². The molecule has 40 heavy (non-hydrogen) atoms. The van der Waals surface area contributed by atoms with Crippen LogP contribution in [-0.4, -0.2) is 27.7 Å². The van der Waals surface area contributed by atoms with Gasteiger partial charge in [-0.05, 0) is 62.6 Å². The minimum atomic E-state index is -1.05. The van der Waals surface area contributed by atoms with E-state index in [4.69, 9.17) is 21.1 Å². The van der Waals surface area contributed by atoms with E-state index >= 15 is 8.78 Å². The average molecular weight is 583 g/mol. The summed E-state index contributed by atoms with van der Waals surface area (Å²) in [5.41, 5.74) is -2.22. The Balaban J connectivity index is 1.87. The maximum atomic E-state index is 15.2. The number of carbonyl (C=O) groups excluding carboxylic acids is 1. The van der Waals surface area contributed by atoms with Crippen molar-refractivity contribution in [1.82, 2.24) is 9.47 Å². The lowest BCUT2D eigenvalue weighted by atomic mass is 10.1. The number of carbonyl (C=O) groups is 1. The molecule has 1 aromatic heterocycles. The van der Waals surface area contributed by atoms with Gasteiger partial charge in [0.25, 0.3) is 5.56 Å². The predicted octanol–water partition coefficient (Wildman–Crippen LogP) is 7.41. The highest BCUT2D eigenvalue weighted by Crippen LogP contribution is 2.26. The monoisotopic (exact) mass is 582 g/mol. The fourth-order valence-electron chi connectivity index (χ4n) is 3.77. The highest BCUT2D eigenvalue weighted by Gasteiger charge is 2.25. The number of benzene rings is 2. The van der Waals surface area contributed by atoms with Crippen molar-refractivity contribution in [3.05, 3.63) is 92.4 Å². The van der Waals surface area contributed by atoms with Crippen LogP contribution in [0.2, 0.25) is 5.02 Å². The summed E-state index contributed by atoms with van der Waals surface area (Å²) in [4.78, 5) is 27.0. The topological polar surface area (TPSA) is 60.8 Å². The van der Waals surface area contributed by atoms with E-state index in [0.717, 1.165) is 30.8 Å². The first-order valence-corrected chi connectivity index (χ1v) is 13.0. The molecule has 3 rings (SSSR count). The van der Waals surface area contributed by atoms with Gasteiger partial charge in [-0.1, -0.05) is 31.9 Å². The molecule has 11 heteroatoms. The maximum absolute atomic E-state index is 15.2. The number of hydrogen-bond donors (Lipinski definition) is 0. The van der Waals surface area contributed by atoms with Crippen molar-refractivity contribution in [3.63, 3.8) is 0 Å². The molecule has 0 fully saturated rings. The van der Waals surface area contributed by atoms with Crippen molar-refractivity contribution in [2.45, 2.75) is 59.8 Å². The molecule has 2 aromatic carbocycles. The Morgan fingerprint density at radius 3 is 2.27 bits per heavy atom. The Morgan fingerprint density at radius 1 is 1.05 bits per heavy atom. The molecule has 0 saturated heterocycles. The van der Waals surface area contributed by atoms with Crippen molar-refractivity contribution in [1.29, 1.82) is 0 Å². The van der Waals surface area contributed by atoms with E-state index < -0.39 is 51.2 Å². The molecule has 1 atom stereocenters. The van der Waals surface area contributed by atoms with Crippen LogP contribution in [0.5, 0.6) is 5.75 Å². The van der Waals surface area contributed by atoms with Crippen LogP contribution < -0.4 is 10.3 Å². The number of hydrogen-bond acceptors (Lipinski definition) is 4. The number of halogens is 5. The molecule has 6 nitrogen and oxygen atoms in total. The highest BCUT2D eigenvalue weighted by molar-refractivity contribution is 6.31. The third kappa shape index (κ3) is 7.78. The van der Waals surface area contributed by atoms with Crippen molar-refractivity contribution < 1.29 is 31.8 Å². The minimum Gasteiger partial charge on any atom is -0.487 e. The maximum Gasteiger partial charge on any atom is 0.410 e. The third-order valence-electron chi connectivity index (χ3n) is 5.97. The van der Waals surface area contributed by atoms with Crippen molar-refractivity contribution in [3.8, 4) is 11.4 Å². The largest absolute Gasteiger partial charge is 0.487 e. The predicted molar refractivity (Wildman–Crippen MR) is 144 cm³/mol. The van der Waals surface area contributed by atoms with Gasteiger partial charge in [-0.25, -0.2) is 22.4 Å². The van der Waals surface area contributed by atoms with Gasteiger partial charge in [0.15, 0.2) is 11.6 Å². The van der Waals surface area contributed by atoms with E-state index in [9.17, 15) is 18.4 Å². The fourth-order valence-corrected chi connectivity index (χ4v) is 3.98. The lowest BCUT2D eigenvalue weighted by molar-refractivity contribution is 0.0205. The van der Waals surface area contributed by atoms with Gasteiger partial charge in [-0.15, -0.1) is 0 Å². The molecule has 1 heterocycles. The van der Waals surface area contributed by atoms with Crippen LogP contribution in [-0.2, 0) is 17.9 Å². The number of amides is 1. The standard InChI is InChI=1S/C29H31ClF4N2O4/c1-6-17(2)14-35(28(38)40-29(3,4)5)15-18-11-22(33)26(23(34)12-18)36-10-9-24(25(30)27(36)37)39-16-19-7-8-20(31)13-21(19)32/h7-13,17H,6,14-16H2,1-5H3. The molecule has 0 aliphatic heterocycles. The summed E-state index contributed by atoms with van der Waals surface area (Å²) >= 11 is 6.12. The molecule has 1 amide bonds. The summed E-state index contributed by atoms with van der Waals surface area (Å²) < 4.78 is 69.0. The first kappa shape index (κ1) is 31.0. The van der Waals surface area contributed by atoms with Crippen LogP contribution in [0, 0.1) is 29.2 Å². The molecule has 216 valence electrons. The summed E-state index contributed by atoms with van der Waals surface area (Å²) in [5.74, 6) is -3.75. The van der Waals surface area contributed by atoms with Gasteiger partial charge < -0.3 is 14.4 Å². The normalized spacial score (nSPS) is 12.2. The number of ether oxygens (including phenoxy) is 2. The average Bonchev–Trinajstić information content (AvgIpc) is 2.85. The summed E-state index contributed by atoms with van der Waals surface area (Å²) in [5, 5.41) is -0.488. The highest BCUT2D eigenvalue weighted by atomic mass is 35.5. The number of nitrogens with zero attached hydrogens (tertiary/aromatic N) is 2. The fraction of sp³-hybridized carbons (Fsp3) is 0.379. The number of rotatable bonds is 9. The van der Waals surface area contributed by atoms with Crippen LogP contribution in [0.4, 0.5) is 22.4 Å². The second-order valence-electron chi connectivity index (χ2n) is 10.5. The molecule has 0 bridgehead atoms. The van der Waals surface area contributed by atoms with Gasteiger partial charge in [0, 0.05) is 30.9 Å². The molecular weight excluding hydrogens is 552 g/mol. The molecule has 0 aliphatic rings. The molecule has 0 N–H and O–H groups in total. The summed E-state index contributed by atoms with van der Waals surface area (Å²) in [6.07, 6.45) is 1.24. The quantitative estimate of drug-likeness (QED) is 0.247. The molecule has 3 aromatic rings. The number of aromatic nitrogens is 1. The van der Waals surface area contributed by atoms with Crippen LogP contribution >= 0.6 is 11.6 Å². The molecule has 0 radical (unpaired) electrons. The minimum absolute atomic E-state index is 0.0167. The van der Waals surface area contributed by atoms with Crippen molar-refractivity contribution >= 4 is 17.7 Å². The summed E-state index contributed by atoms with van der Waals surface area (Å²) in [6, 6.07) is 6.19.